The lowest BCUT2D eigenvalue weighted by molar-refractivity contribution is 0.0660. The summed E-state index contributed by atoms with van der Waals surface area (Å²) in [7, 11) is 3.16. The molecule has 3 heterocycles. The largest absolute Gasteiger partial charge is 0.493 e. The fourth-order valence-corrected chi connectivity index (χ4v) is 4.65. The van der Waals surface area contributed by atoms with Crippen molar-refractivity contribution >= 4 is 16.8 Å². The molecule has 0 saturated heterocycles. The Balaban J connectivity index is 1.75. The van der Waals surface area contributed by atoms with Crippen molar-refractivity contribution in [2.45, 2.75) is 19.4 Å². The number of hydrogen-bond acceptors (Lipinski definition) is 5. The molecular formula is C26H24N2O5. The summed E-state index contributed by atoms with van der Waals surface area (Å²) in [6, 6.07) is 14.2. The van der Waals surface area contributed by atoms with Crippen molar-refractivity contribution in [1.29, 1.82) is 0 Å². The maximum Gasteiger partial charge on any atom is 0.290 e. The summed E-state index contributed by atoms with van der Waals surface area (Å²) in [5, 5.41) is 0.905. The topological polar surface area (TPSA) is 84.8 Å². The zero-order chi connectivity index (χ0) is 23.1. The highest BCUT2D eigenvalue weighted by molar-refractivity contribution is 5.92. The fraction of sp³-hybridized carbons (Fsp3) is 0.231. The first kappa shape index (κ1) is 20.9. The van der Waals surface area contributed by atoms with Gasteiger partial charge in [-0.05, 0) is 65.8 Å². The molecule has 1 aliphatic rings. The Morgan fingerprint density at radius 1 is 1.06 bits per heavy atom. The Bertz CT molecular complexity index is 1400. The van der Waals surface area contributed by atoms with Gasteiger partial charge in [0.2, 0.25) is 0 Å². The minimum Gasteiger partial charge on any atom is -0.493 e. The number of fused-ring (bicyclic) bond motifs is 2. The number of para-hydroxylation sites is 1. The number of carbonyl (C=O) groups is 1. The maximum absolute atomic E-state index is 13.4. The summed E-state index contributed by atoms with van der Waals surface area (Å²) in [5.41, 5.74) is 3.86. The van der Waals surface area contributed by atoms with Crippen LogP contribution in [0.3, 0.4) is 0 Å². The number of nitrogens with zero attached hydrogens (tertiary/aromatic N) is 1. The van der Waals surface area contributed by atoms with Crippen molar-refractivity contribution < 1.29 is 18.7 Å². The van der Waals surface area contributed by atoms with E-state index in [1.165, 1.54) is 6.26 Å². The molecule has 5 rings (SSSR count). The molecule has 0 unspecified atom stereocenters. The van der Waals surface area contributed by atoms with Crippen LogP contribution in [0.1, 0.15) is 38.9 Å². The third-order valence-electron chi connectivity index (χ3n) is 6.28. The minimum atomic E-state index is -0.611. The lowest BCUT2D eigenvalue weighted by atomic mass is 9.87. The van der Waals surface area contributed by atoms with Crippen LogP contribution in [-0.4, -0.2) is 36.6 Å². The lowest BCUT2D eigenvalue weighted by Crippen LogP contribution is -2.42. The average Bonchev–Trinajstić information content (AvgIpc) is 3.37. The van der Waals surface area contributed by atoms with Crippen LogP contribution in [0.4, 0.5) is 0 Å². The van der Waals surface area contributed by atoms with E-state index in [2.05, 4.69) is 4.98 Å². The molecule has 0 bridgehead atoms. The number of methoxy groups -OCH3 is 2. The SMILES string of the molecule is COc1cc2c(cc1OC)[C@H](c1cc3cccc(C)c3[nH]c1=O)N(C(=O)c1ccco1)CC2. The summed E-state index contributed by atoms with van der Waals surface area (Å²) in [4.78, 5) is 31.5. The van der Waals surface area contributed by atoms with Gasteiger partial charge in [0, 0.05) is 12.1 Å². The molecule has 1 atom stereocenters. The Morgan fingerprint density at radius 3 is 2.58 bits per heavy atom. The van der Waals surface area contributed by atoms with E-state index in [4.69, 9.17) is 13.9 Å². The maximum atomic E-state index is 13.4. The van der Waals surface area contributed by atoms with Gasteiger partial charge in [0.05, 0.1) is 32.0 Å². The summed E-state index contributed by atoms with van der Waals surface area (Å²) >= 11 is 0. The number of ether oxygens (including phenoxy) is 2. The van der Waals surface area contributed by atoms with Gasteiger partial charge in [-0.2, -0.15) is 0 Å². The first-order valence-corrected chi connectivity index (χ1v) is 10.7. The molecular weight excluding hydrogens is 420 g/mol. The van der Waals surface area contributed by atoms with Gasteiger partial charge in [0.15, 0.2) is 17.3 Å². The molecule has 33 heavy (non-hydrogen) atoms. The molecule has 0 saturated carbocycles. The second kappa shape index (κ2) is 8.16. The molecule has 0 fully saturated rings. The quantitative estimate of drug-likeness (QED) is 0.509. The van der Waals surface area contributed by atoms with Crippen molar-refractivity contribution in [2.75, 3.05) is 20.8 Å². The molecule has 7 nitrogen and oxygen atoms in total. The monoisotopic (exact) mass is 444 g/mol. The van der Waals surface area contributed by atoms with Crippen molar-refractivity contribution in [1.82, 2.24) is 9.88 Å². The van der Waals surface area contributed by atoms with E-state index in [-0.39, 0.29) is 17.2 Å². The molecule has 1 aliphatic heterocycles. The van der Waals surface area contributed by atoms with Gasteiger partial charge in [-0.1, -0.05) is 18.2 Å². The van der Waals surface area contributed by atoms with E-state index in [1.54, 1.807) is 31.3 Å². The predicted octanol–water partition coefficient (Wildman–Crippen LogP) is 4.23. The molecule has 2 aromatic heterocycles. The lowest BCUT2D eigenvalue weighted by Gasteiger charge is -2.37. The van der Waals surface area contributed by atoms with Gasteiger partial charge in [-0.25, -0.2) is 0 Å². The van der Waals surface area contributed by atoms with Crippen molar-refractivity contribution in [3.63, 3.8) is 0 Å². The van der Waals surface area contributed by atoms with E-state index >= 15 is 0 Å². The first-order chi connectivity index (χ1) is 16.0. The van der Waals surface area contributed by atoms with Crippen molar-refractivity contribution in [2.24, 2.45) is 0 Å². The standard InChI is InChI=1S/C26H24N2O5/c1-15-6-4-7-17-12-19(25(29)27-23(15)17)24-18-14-22(32-3)21(31-2)13-16(18)9-10-28(24)26(30)20-8-5-11-33-20/h4-8,11-14,24H,9-10H2,1-3H3,(H,27,29)/t24-/m1/s1. The highest BCUT2D eigenvalue weighted by Crippen LogP contribution is 2.41. The zero-order valence-corrected chi connectivity index (χ0v) is 18.7. The van der Waals surface area contributed by atoms with E-state index in [0.717, 1.165) is 27.6 Å². The Morgan fingerprint density at radius 2 is 1.85 bits per heavy atom. The number of aromatic amines is 1. The minimum absolute atomic E-state index is 0.233. The molecule has 168 valence electrons. The van der Waals surface area contributed by atoms with Crippen LogP contribution in [0, 0.1) is 6.92 Å². The second-order valence-corrected chi connectivity index (χ2v) is 8.13. The van der Waals surface area contributed by atoms with Crippen molar-refractivity contribution in [3.05, 3.63) is 93.2 Å². The molecule has 4 aromatic rings. The predicted molar refractivity (Wildman–Crippen MR) is 124 cm³/mol. The molecule has 2 aromatic carbocycles. The van der Waals surface area contributed by atoms with Crippen LogP contribution in [-0.2, 0) is 6.42 Å². The fourth-order valence-electron chi connectivity index (χ4n) is 4.65. The van der Waals surface area contributed by atoms with Crippen LogP contribution < -0.4 is 15.0 Å². The Labute approximate surface area is 190 Å². The van der Waals surface area contributed by atoms with E-state index in [0.29, 0.717) is 30.0 Å². The number of rotatable bonds is 4. The summed E-state index contributed by atoms with van der Waals surface area (Å²) < 4.78 is 16.4. The summed E-state index contributed by atoms with van der Waals surface area (Å²) in [6.07, 6.45) is 2.09. The highest BCUT2D eigenvalue weighted by Gasteiger charge is 2.36. The van der Waals surface area contributed by atoms with Gasteiger partial charge in [-0.15, -0.1) is 0 Å². The van der Waals surface area contributed by atoms with E-state index in [1.807, 2.05) is 43.3 Å². The number of carbonyl (C=O) groups excluding carboxylic acids is 1. The zero-order valence-electron chi connectivity index (χ0n) is 18.7. The van der Waals surface area contributed by atoms with E-state index in [9.17, 15) is 9.59 Å². The van der Waals surface area contributed by atoms with Crippen LogP contribution in [0.15, 0.2) is 64.0 Å². The Kier molecular flexibility index (Phi) is 5.17. The van der Waals surface area contributed by atoms with E-state index < -0.39 is 6.04 Å². The molecule has 1 N–H and O–H groups in total. The number of H-pyrrole nitrogens is 1. The third-order valence-corrected chi connectivity index (χ3v) is 6.28. The number of amides is 1. The number of aromatic nitrogens is 1. The number of pyridine rings is 1. The molecule has 7 heteroatoms. The van der Waals surface area contributed by atoms with Gasteiger partial charge >= 0.3 is 0 Å². The molecule has 0 aliphatic carbocycles. The van der Waals surface area contributed by atoms with Crippen LogP contribution in [0.2, 0.25) is 0 Å². The normalized spacial score (nSPS) is 15.4. The number of benzene rings is 2. The van der Waals surface area contributed by atoms with Crippen LogP contribution in [0.5, 0.6) is 11.5 Å². The van der Waals surface area contributed by atoms with Gasteiger partial charge < -0.3 is 23.8 Å². The smallest absolute Gasteiger partial charge is 0.290 e. The van der Waals surface area contributed by atoms with Crippen LogP contribution >= 0.6 is 0 Å². The van der Waals surface area contributed by atoms with Gasteiger partial charge in [-0.3, -0.25) is 9.59 Å². The average molecular weight is 444 g/mol. The molecule has 1 amide bonds. The number of aryl methyl sites for hydroxylation is 1. The summed E-state index contributed by atoms with van der Waals surface area (Å²) in [6.45, 7) is 2.38. The van der Waals surface area contributed by atoms with Crippen LogP contribution in [0.25, 0.3) is 10.9 Å². The van der Waals surface area contributed by atoms with Gasteiger partial charge in [0.1, 0.15) is 0 Å². The third kappa shape index (κ3) is 3.46. The first-order valence-electron chi connectivity index (χ1n) is 10.7. The Hall–Kier alpha value is -4.00. The molecule has 0 spiro atoms. The summed E-state index contributed by atoms with van der Waals surface area (Å²) in [5.74, 6) is 1.12. The van der Waals surface area contributed by atoms with Gasteiger partial charge in [0.25, 0.3) is 11.5 Å². The number of hydrogen-bond donors (Lipinski definition) is 1. The number of nitrogens with one attached hydrogen (secondary N) is 1. The number of furan rings is 1. The van der Waals surface area contributed by atoms with Crippen molar-refractivity contribution in [3.8, 4) is 11.5 Å². The highest BCUT2D eigenvalue weighted by atomic mass is 16.5. The second-order valence-electron chi connectivity index (χ2n) is 8.13. The molecule has 0 radical (unpaired) electrons.